The first kappa shape index (κ1) is 30.9. The Morgan fingerprint density at radius 2 is 1.71 bits per heavy atom. The number of hydrogen-bond acceptors (Lipinski definition) is 5. The summed E-state index contributed by atoms with van der Waals surface area (Å²) < 4.78 is 13.4. The molecule has 0 aromatic heterocycles. The number of carbonyl (C=O) groups excluding carboxylic acids is 5. The van der Waals surface area contributed by atoms with E-state index in [-0.39, 0.29) is 17.5 Å². The first-order valence-corrected chi connectivity index (χ1v) is 13.2. The fraction of sp³-hybridized carbons (Fsp3) is 0.607. The Hall–Kier alpha value is -3.30. The molecule has 0 spiro atoms. The van der Waals surface area contributed by atoms with Crippen LogP contribution < -0.4 is 16.0 Å². The van der Waals surface area contributed by atoms with Crippen LogP contribution in [0.4, 0.5) is 10.1 Å². The largest absolute Gasteiger partial charge is 0.356 e. The molecule has 38 heavy (non-hydrogen) atoms. The minimum Gasteiger partial charge on any atom is -0.356 e. The predicted octanol–water partition coefficient (Wildman–Crippen LogP) is 2.90. The lowest BCUT2D eigenvalue weighted by atomic mass is 9.99. The molecule has 4 atom stereocenters. The molecule has 1 aromatic rings. The summed E-state index contributed by atoms with van der Waals surface area (Å²) in [5, 5.41) is 7.37. The van der Waals surface area contributed by atoms with Crippen LogP contribution in [0.5, 0.6) is 0 Å². The zero-order valence-corrected chi connectivity index (χ0v) is 22.8. The molecule has 4 amide bonds. The van der Waals surface area contributed by atoms with Crippen LogP contribution in [0.1, 0.15) is 59.8 Å². The van der Waals surface area contributed by atoms with E-state index in [0.29, 0.717) is 56.0 Å². The van der Waals surface area contributed by atoms with Crippen molar-refractivity contribution in [2.75, 3.05) is 25.0 Å². The van der Waals surface area contributed by atoms with Crippen molar-refractivity contribution in [2.45, 2.75) is 65.8 Å². The summed E-state index contributed by atoms with van der Waals surface area (Å²) in [6.45, 7) is 10.7. The number of nitrogens with zero attached hydrogens (tertiary/aromatic N) is 1. The zero-order valence-electron chi connectivity index (χ0n) is 22.8. The number of nitrogens with one attached hydrogen (secondary N) is 3. The maximum Gasteiger partial charge on any atom is 0.313 e. The molecule has 3 fully saturated rings. The Morgan fingerprint density at radius 1 is 1.11 bits per heavy atom. The van der Waals surface area contributed by atoms with Crippen molar-refractivity contribution in [3.8, 4) is 0 Å². The van der Waals surface area contributed by atoms with E-state index in [1.54, 1.807) is 11.0 Å². The van der Waals surface area contributed by atoms with E-state index >= 15 is 0 Å². The molecule has 10 heteroatoms. The van der Waals surface area contributed by atoms with Gasteiger partial charge >= 0.3 is 11.8 Å². The summed E-state index contributed by atoms with van der Waals surface area (Å²) >= 11 is 0. The normalized spacial score (nSPS) is 22.5. The maximum absolute atomic E-state index is 13.4. The lowest BCUT2D eigenvalue weighted by Gasteiger charge is -2.16. The second-order valence-corrected chi connectivity index (χ2v) is 11.6. The van der Waals surface area contributed by atoms with Crippen LogP contribution >= 0.6 is 0 Å². The molecule has 4 unspecified atom stereocenters. The van der Waals surface area contributed by atoms with Gasteiger partial charge in [-0.3, -0.25) is 19.2 Å². The number of amides is 4. The number of fused-ring (bicyclic) bond motifs is 1. The van der Waals surface area contributed by atoms with Gasteiger partial charge in [0.1, 0.15) is 12.1 Å². The number of aldehydes is 1. The van der Waals surface area contributed by atoms with E-state index in [2.05, 4.69) is 43.6 Å². The van der Waals surface area contributed by atoms with E-state index in [4.69, 9.17) is 0 Å². The lowest BCUT2D eigenvalue weighted by molar-refractivity contribution is -0.142. The highest BCUT2D eigenvalue weighted by molar-refractivity contribution is 6.39. The quantitative estimate of drug-likeness (QED) is 0.384. The molecule has 2 aliphatic heterocycles. The van der Waals surface area contributed by atoms with Crippen LogP contribution in [0.2, 0.25) is 0 Å². The SMILES string of the molecule is CC(C)(C)C.O=C(Nc1ccccc1F)C(=O)N1CC2CCCC2C1.O=CNC(C=O)CC1CCNC1=O. The van der Waals surface area contributed by atoms with Crippen molar-refractivity contribution in [1.29, 1.82) is 0 Å². The molecule has 0 radical (unpaired) electrons. The van der Waals surface area contributed by atoms with Crippen LogP contribution in [-0.4, -0.2) is 61.0 Å². The molecular formula is C28H41FN4O5. The van der Waals surface area contributed by atoms with Gasteiger partial charge in [0.05, 0.1) is 11.7 Å². The lowest BCUT2D eigenvalue weighted by Crippen LogP contribution is -2.38. The third kappa shape index (κ3) is 10.2. The highest BCUT2D eigenvalue weighted by atomic mass is 19.1. The number of para-hydroxylation sites is 1. The predicted molar refractivity (Wildman–Crippen MR) is 142 cm³/mol. The van der Waals surface area contributed by atoms with Crippen molar-refractivity contribution in [3.05, 3.63) is 30.1 Å². The van der Waals surface area contributed by atoms with E-state index in [1.807, 2.05) is 0 Å². The standard InChI is InChI=1S/C15H17FN2O2.C8H12N2O3.C5H12/c16-12-6-1-2-7-13(12)17-14(19)15(20)18-8-10-4-3-5-11(10)9-18;11-4-7(10-5-12)3-6-1-2-9-8(6)13;1-5(2,3)4/h1-2,6-7,10-11H,3-5,8-9H2,(H,17,19);4-7H,1-3H2,(H,9,13)(H,10,12);1-4H3. The Balaban J connectivity index is 0.000000242. The van der Waals surface area contributed by atoms with Crippen LogP contribution in [-0.2, 0) is 24.0 Å². The van der Waals surface area contributed by atoms with Crippen LogP contribution in [0.25, 0.3) is 0 Å². The molecule has 2 heterocycles. The Bertz CT molecular complexity index is 962. The number of halogens is 1. The molecule has 9 nitrogen and oxygen atoms in total. The van der Waals surface area contributed by atoms with Crippen molar-refractivity contribution < 1.29 is 28.4 Å². The number of rotatable bonds is 6. The second-order valence-electron chi connectivity index (χ2n) is 11.6. The van der Waals surface area contributed by atoms with E-state index < -0.39 is 23.7 Å². The van der Waals surface area contributed by atoms with Crippen LogP contribution in [0, 0.1) is 29.0 Å². The van der Waals surface area contributed by atoms with Crippen molar-refractivity contribution in [3.63, 3.8) is 0 Å². The van der Waals surface area contributed by atoms with Crippen molar-refractivity contribution in [2.24, 2.45) is 23.2 Å². The van der Waals surface area contributed by atoms with Gasteiger partial charge in [-0.15, -0.1) is 0 Å². The maximum atomic E-state index is 13.4. The number of hydrogen-bond donors (Lipinski definition) is 3. The summed E-state index contributed by atoms with van der Waals surface area (Å²) in [4.78, 5) is 57.2. The average molecular weight is 533 g/mol. The van der Waals surface area contributed by atoms with Gasteiger partial charge in [0, 0.05) is 25.6 Å². The number of likely N-dealkylation sites (tertiary alicyclic amines) is 1. The summed E-state index contributed by atoms with van der Waals surface area (Å²) in [5.41, 5.74) is 0.547. The Labute approximate surface area is 224 Å². The summed E-state index contributed by atoms with van der Waals surface area (Å²) in [7, 11) is 0. The smallest absolute Gasteiger partial charge is 0.313 e. The van der Waals surface area contributed by atoms with Gasteiger partial charge in [0.15, 0.2) is 0 Å². The molecular weight excluding hydrogens is 491 g/mol. The van der Waals surface area contributed by atoms with Gasteiger partial charge in [-0.25, -0.2) is 4.39 Å². The van der Waals surface area contributed by atoms with E-state index in [9.17, 15) is 28.4 Å². The van der Waals surface area contributed by atoms with Gasteiger partial charge in [0.25, 0.3) is 0 Å². The highest BCUT2D eigenvalue weighted by Crippen LogP contribution is 2.37. The molecule has 0 bridgehead atoms. The van der Waals surface area contributed by atoms with Crippen molar-refractivity contribution in [1.82, 2.24) is 15.5 Å². The molecule has 4 rings (SSSR count). The van der Waals surface area contributed by atoms with Gasteiger partial charge < -0.3 is 25.6 Å². The third-order valence-corrected chi connectivity index (χ3v) is 6.48. The molecule has 1 saturated carbocycles. The number of benzene rings is 1. The Kier molecular flexibility index (Phi) is 11.9. The minimum atomic E-state index is -0.755. The first-order valence-electron chi connectivity index (χ1n) is 13.2. The molecule has 210 valence electrons. The number of carbonyl (C=O) groups is 5. The molecule has 3 N–H and O–H groups in total. The third-order valence-electron chi connectivity index (χ3n) is 6.48. The molecule has 3 aliphatic rings. The summed E-state index contributed by atoms with van der Waals surface area (Å²) in [6, 6.07) is 5.31. The van der Waals surface area contributed by atoms with Gasteiger partial charge in [-0.05, 0) is 55.1 Å². The zero-order chi connectivity index (χ0) is 28.3. The van der Waals surface area contributed by atoms with Gasteiger partial charge in [-0.1, -0.05) is 46.2 Å². The number of anilines is 1. The molecule has 2 saturated heterocycles. The van der Waals surface area contributed by atoms with Crippen LogP contribution in [0.3, 0.4) is 0 Å². The Morgan fingerprint density at radius 3 is 2.21 bits per heavy atom. The van der Waals surface area contributed by atoms with Crippen molar-refractivity contribution >= 4 is 36.1 Å². The van der Waals surface area contributed by atoms with E-state index in [0.717, 1.165) is 19.3 Å². The summed E-state index contributed by atoms with van der Waals surface area (Å²) in [5.74, 6) is -0.924. The molecule has 1 aromatic carbocycles. The fourth-order valence-corrected chi connectivity index (χ4v) is 4.71. The minimum absolute atomic E-state index is 0.0282. The van der Waals surface area contributed by atoms with Gasteiger partial charge in [-0.2, -0.15) is 0 Å². The van der Waals surface area contributed by atoms with E-state index in [1.165, 1.54) is 24.6 Å². The fourth-order valence-electron chi connectivity index (χ4n) is 4.71. The van der Waals surface area contributed by atoms with Crippen LogP contribution in [0.15, 0.2) is 24.3 Å². The van der Waals surface area contributed by atoms with Gasteiger partial charge in [0.2, 0.25) is 12.3 Å². The molecule has 1 aliphatic carbocycles. The monoisotopic (exact) mass is 532 g/mol. The topological polar surface area (TPSA) is 125 Å². The second kappa shape index (κ2) is 14.6. The highest BCUT2D eigenvalue weighted by Gasteiger charge is 2.39. The first-order chi connectivity index (χ1) is 17.9. The average Bonchev–Trinajstić information content (AvgIpc) is 3.56. The summed E-state index contributed by atoms with van der Waals surface area (Å²) in [6.07, 6.45) is 5.77.